The second-order valence-corrected chi connectivity index (χ2v) is 3.28. The predicted octanol–water partition coefficient (Wildman–Crippen LogP) is 1.85. The molecule has 2 heteroatoms. The molecule has 1 rings (SSSR count). The second kappa shape index (κ2) is 3.04. The first kappa shape index (κ1) is 7.58. The van der Waals surface area contributed by atoms with Gasteiger partial charge < -0.3 is 4.74 Å². The Bertz CT molecular complexity index is 140. The molecule has 0 aromatic carbocycles. The Labute approximate surface area is 62.3 Å². The van der Waals surface area contributed by atoms with E-state index in [9.17, 15) is 0 Å². The molecule has 0 bridgehead atoms. The molecule has 58 valence electrons. The maximum absolute atomic E-state index is 5.33. The van der Waals surface area contributed by atoms with Gasteiger partial charge in [0.2, 0.25) is 0 Å². The summed E-state index contributed by atoms with van der Waals surface area (Å²) in [5.41, 5.74) is 0. The molecule has 0 saturated heterocycles. The van der Waals surface area contributed by atoms with Gasteiger partial charge in [0.05, 0.1) is 6.04 Å². The van der Waals surface area contributed by atoms with Gasteiger partial charge in [0, 0.05) is 6.42 Å². The van der Waals surface area contributed by atoms with Crippen LogP contribution in [0.25, 0.3) is 0 Å². The molecular formula is C8H15NO. The van der Waals surface area contributed by atoms with Crippen LogP contribution in [0.1, 0.15) is 27.2 Å². The summed E-state index contributed by atoms with van der Waals surface area (Å²) in [6.07, 6.45) is 0.990. The van der Waals surface area contributed by atoms with Crippen LogP contribution in [0.5, 0.6) is 0 Å². The zero-order chi connectivity index (χ0) is 7.56. The molecule has 0 radical (unpaired) electrons. The van der Waals surface area contributed by atoms with Crippen molar-refractivity contribution in [3.8, 4) is 0 Å². The highest BCUT2D eigenvalue weighted by Crippen LogP contribution is 2.10. The minimum Gasteiger partial charge on any atom is -0.479 e. The first-order chi connectivity index (χ1) is 4.68. The summed E-state index contributed by atoms with van der Waals surface area (Å²) in [5.74, 6) is 1.60. The molecule has 1 atom stereocenters. The summed E-state index contributed by atoms with van der Waals surface area (Å²) >= 11 is 0. The topological polar surface area (TPSA) is 21.6 Å². The lowest BCUT2D eigenvalue weighted by Gasteiger charge is -2.02. The van der Waals surface area contributed by atoms with Gasteiger partial charge in [0.15, 0.2) is 5.90 Å². The number of hydrogen-bond acceptors (Lipinski definition) is 2. The van der Waals surface area contributed by atoms with Crippen molar-refractivity contribution in [2.45, 2.75) is 33.2 Å². The van der Waals surface area contributed by atoms with Crippen molar-refractivity contribution in [3.05, 3.63) is 0 Å². The highest BCUT2D eigenvalue weighted by atomic mass is 16.5. The normalized spacial score (nSPS) is 24.8. The van der Waals surface area contributed by atoms with Gasteiger partial charge in [-0.2, -0.15) is 0 Å². The van der Waals surface area contributed by atoms with Crippen LogP contribution in [0, 0.1) is 5.92 Å². The van der Waals surface area contributed by atoms with E-state index in [1.54, 1.807) is 0 Å². The van der Waals surface area contributed by atoms with E-state index in [-0.39, 0.29) is 0 Å². The highest BCUT2D eigenvalue weighted by molar-refractivity contribution is 5.77. The van der Waals surface area contributed by atoms with E-state index in [0.717, 1.165) is 18.9 Å². The van der Waals surface area contributed by atoms with Crippen LogP contribution >= 0.6 is 0 Å². The minimum absolute atomic E-state index is 0.383. The molecule has 1 heterocycles. The van der Waals surface area contributed by atoms with Crippen LogP contribution in [0.4, 0.5) is 0 Å². The maximum atomic E-state index is 5.33. The Kier molecular flexibility index (Phi) is 2.30. The van der Waals surface area contributed by atoms with Gasteiger partial charge in [-0.15, -0.1) is 0 Å². The minimum atomic E-state index is 0.383. The van der Waals surface area contributed by atoms with Crippen molar-refractivity contribution < 1.29 is 4.74 Å². The van der Waals surface area contributed by atoms with Crippen molar-refractivity contribution in [3.63, 3.8) is 0 Å². The van der Waals surface area contributed by atoms with Crippen molar-refractivity contribution in [2.75, 3.05) is 6.61 Å². The third kappa shape index (κ3) is 2.01. The molecule has 10 heavy (non-hydrogen) atoms. The third-order valence-corrected chi connectivity index (χ3v) is 1.44. The number of nitrogens with zero attached hydrogens (tertiary/aromatic N) is 1. The van der Waals surface area contributed by atoms with Gasteiger partial charge in [-0.05, 0) is 12.8 Å². The van der Waals surface area contributed by atoms with Gasteiger partial charge in [-0.25, -0.2) is 4.99 Å². The first-order valence-corrected chi connectivity index (χ1v) is 3.88. The molecule has 0 saturated carbocycles. The van der Waals surface area contributed by atoms with Crippen molar-refractivity contribution in [2.24, 2.45) is 10.9 Å². The molecule has 0 N–H and O–H groups in total. The van der Waals surface area contributed by atoms with Gasteiger partial charge in [0.1, 0.15) is 6.61 Å². The molecule has 2 nitrogen and oxygen atoms in total. The summed E-state index contributed by atoms with van der Waals surface area (Å²) in [7, 11) is 0. The third-order valence-electron chi connectivity index (χ3n) is 1.44. The Morgan fingerprint density at radius 1 is 1.70 bits per heavy atom. The lowest BCUT2D eigenvalue weighted by atomic mass is 10.1. The molecule has 1 aliphatic rings. The fraction of sp³-hybridized carbons (Fsp3) is 0.875. The van der Waals surface area contributed by atoms with Gasteiger partial charge in [-0.3, -0.25) is 0 Å². The average Bonchev–Trinajstić information content (AvgIpc) is 2.13. The predicted molar refractivity (Wildman–Crippen MR) is 42.3 cm³/mol. The second-order valence-electron chi connectivity index (χ2n) is 3.28. The standard InChI is InChI=1S/C8H15NO/c1-6(2)4-8-9-7(3)5-10-8/h6-7H,4-5H2,1-3H3. The largest absolute Gasteiger partial charge is 0.479 e. The molecule has 0 spiro atoms. The van der Waals surface area contributed by atoms with E-state index in [4.69, 9.17) is 4.74 Å². The SMILES string of the molecule is CC(C)CC1=NC(C)CO1. The Morgan fingerprint density at radius 2 is 2.40 bits per heavy atom. The number of hydrogen-bond donors (Lipinski definition) is 0. The zero-order valence-electron chi connectivity index (χ0n) is 6.92. The fourth-order valence-corrected chi connectivity index (χ4v) is 0.998. The molecule has 0 fully saturated rings. The molecule has 1 aliphatic heterocycles. The molecule has 1 unspecified atom stereocenters. The lowest BCUT2D eigenvalue weighted by Crippen LogP contribution is -2.03. The molecule has 0 aliphatic carbocycles. The summed E-state index contributed by atoms with van der Waals surface area (Å²) in [6, 6.07) is 0.383. The Morgan fingerprint density at radius 3 is 2.80 bits per heavy atom. The van der Waals surface area contributed by atoms with Crippen LogP contribution in [-0.4, -0.2) is 18.5 Å². The monoisotopic (exact) mass is 141 g/mol. The van der Waals surface area contributed by atoms with Crippen molar-refractivity contribution in [1.29, 1.82) is 0 Å². The van der Waals surface area contributed by atoms with Crippen molar-refractivity contribution >= 4 is 5.90 Å². The van der Waals surface area contributed by atoms with E-state index in [1.807, 2.05) is 0 Å². The van der Waals surface area contributed by atoms with E-state index in [1.165, 1.54) is 0 Å². The van der Waals surface area contributed by atoms with Crippen LogP contribution in [0.3, 0.4) is 0 Å². The number of rotatable bonds is 2. The summed E-state index contributed by atoms with van der Waals surface area (Å²) in [5, 5.41) is 0. The summed E-state index contributed by atoms with van der Waals surface area (Å²) in [4.78, 5) is 4.32. The molecule has 0 amide bonds. The zero-order valence-corrected chi connectivity index (χ0v) is 6.92. The summed E-state index contributed by atoms with van der Waals surface area (Å²) < 4.78 is 5.33. The van der Waals surface area contributed by atoms with E-state index in [2.05, 4.69) is 25.8 Å². The Hall–Kier alpha value is -0.530. The van der Waals surface area contributed by atoms with Crippen molar-refractivity contribution in [1.82, 2.24) is 0 Å². The summed E-state index contributed by atoms with van der Waals surface area (Å²) in [6.45, 7) is 7.21. The van der Waals surface area contributed by atoms with Crippen LogP contribution in [0.15, 0.2) is 4.99 Å². The van der Waals surface area contributed by atoms with E-state index < -0.39 is 0 Å². The average molecular weight is 141 g/mol. The van der Waals surface area contributed by atoms with Crippen LogP contribution < -0.4 is 0 Å². The highest BCUT2D eigenvalue weighted by Gasteiger charge is 2.14. The quantitative estimate of drug-likeness (QED) is 0.575. The van der Waals surface area contributed by atoms with Crippen LogP contribution in [0.2, 0.25) is 0 Å². The first-order valence-electron chi connectivity index (χ1n) is 3.88. The van der Waals surface area contributed by atoms with E-state index >= 15 is 0 Å². The Balaban J connectivity index is 2.35. The number of aliphatic imine (C=N–C) groups is 1. The van der Waals surface area contributed by atoms with Gasteiger partial charge >= 0.3 is 0 Å². The molecular weight excluding hydrogens is 126 g/mol. The smallest absolute Gasteiger partial charge is 0.183 e. The molecule has 0 aromatic rings. The number of ether oxygens (including phenoxy) is 1. The fourth-order valence-electron chi connectivity index (χ4n) is 0.998. The molecule has 0 aromatic heterocycles. The van der Waals surface area contributed by atoms with Gasteiger partial charge in [-0.1, -0.05) is 13.8 Å². The lowest BCUT2D eigenvalue weighted by molar-refractivity contribution is 0.311. The van der Waals surface area contributed by atoms with E-state index in [0.29, 0.717) is 12.0 Å². The van der Waals surface area contributed by atoms with Gasteiger partial charge in [0.25, 0.3) is 0 Å². The van der Waals surface area contributed by atoms with Crippen LogP contribution in [-0.2, 0) is 4.74 Å². The maximum Gasteiger partial charge on any atom is 0.183 e.